The number of hydrogen-bond acceptors (Lipinski definition) is 2. The minimum atomic E-state index is 0.292. The van der Waals surface area contributed by atoms with Crippen LogP contribution in [0.1, 0.15) is 30.7 Å². The van der Waals surface area contributed by atoms with Gasteiger partial charge in [0.25, 0.3) is 0 Å². The molecule has 4 rings (SSSR count). The van der Waals surface area contributed by atoms with Gasteiger partial charge in [-0.15, -0.1) is 0 Å². The third-order valence-corrected chi connectivity index (χ3v) is 4.44. The summed E-state index contributed by atoms with van der Waals surface area (Å²) in [4.78, 5) is 19.0. The maximum Gasteiger partial charge on any atom is 0.226 e. The number of carbonyl (C=O) groups is 1. The molecule has 0 atom stereocenters. The van der Waals surface area contributed by atoms with Gasteiger partial charge in [0, 0.05) is 25.1 Å². The zero-order valence-corrected chi connectivity index (χ0v) is 10.9. The van der Waals surface area contributed by atoms with Crippen LogP contribution in [0.2, 0.25) is 0 Å². The standard InChI is InChI=1S/C15H17N3O/c19-15(11-4-3-5-11)17-9-7-12-13(10-17)18-8-2-1-6-14(18)16-12/h1-2,6,8,11H,3-5,7,9-10H2. The van der Waals surface area contributed by atoms with E-state index in [0.717, 1.165) is 43.7 Å². The van der Waals surface area contributed by atoms with Crippen molar-refractivity contribution in [2.45, 2.75) is 32.2 Å². The van der Waals surface area contributed by atoms with E-state index in [4.69, 9.17) is 0 Å². The molecule has 0 spiro atoms. The van der Waals surface area contributed by atoms with E-state index < -0.39 is 0 Å². The molecule has 0 aromatic carbocycles. The second kappa shape index (κ2) is 4.08. The van der Waals surface area contributed by atoms with Crippen molar-refractivity contribution in [1.29, 1.82) is 0 Å². The van der Waals surface area contributed by atoms with E-state index in [1.54, 1.807) is 0 Å². The Balaban J connectivity index is 1.67. The van der Waals surface area contributed by atoms with E-state index in [-0.39, 0.29) is 0 Å². The van der Waals surface area contributed by atoms with Crippen molar-refractivity contribution in [2.75, 3.05) is 6.54 Å². The van der Waals surface area contributed by atoms with Crippen LogP contribution in [-0.4, -0.2) is 26.7 Å². The number of imidazole rings is 1. The van der Waals surface area contributed by atoms with E-state index in [9.17, 15) is 4.79 Å². The zero-order chi connectivity index (χ0) is 12.8. The molecule has 3 heterocycles. The Morgan fingerprint density at radius 3 is 3.00 bits per heavy atom. The molecule has 0 unspecified atom stereocenters. The van der Waals surface area contributed by atoms with Gasteiger partial charge in [0.15, 0.2) is 0 Å². The molecule has 0 N–H and O–H groups in total. The first kappa shape index (κ1) is 11.0. The Morgan fingerprint density at radius 1 is 1.32 bits per heavy atom. The van der Waals surface area contributed by atoms with Gasteiger partial charge in [-0.3, -0.25) is 4.79 Å². The zero-order valence-electron chi connectivity index (χ0n) is 10.9. The van der Waals surface area contributed by atoms with Gasteiger partial charge in [0.05, 0.1) is 17.9 Å². The minimum absolute atomic E-state index is 0.292. The summed E-state index contributed by atoms with van der Waals surface area (Å²) in [6.45, 7) is 1.54. The van der Waals surface area contributed by atoms with Crippen LogP contribution >= 0.6 is 0 Å². The highest BCUT2D eigenvalue weighted by atomic mass is 16.2. The summed E-state index contributed by atoms with van der Waals surface area (Å²) in [6.07, 6.45) is 6.30. The summed E-state index contributed by atoms with van der Waals surface area (Å²) in [7, 11) is 0. The number of fused-ring (bicyclic) bond motifs is 3. The molecule has 0 bridgehead atoms. The first-order chi connectivity index (χ1) is 9.33. The molecule has 1 aliphatic carbocycles. The Morgan fingerprint density at radius 2 is 2.21 bits per heavy atom. The molecule has 98 valence electrons. The summed E-state index contributed by atoms with van der Waals surface area (Å²) in [5, 5.41) is 0. The highest BCUT2D eigenvalue weighted by Gasteiger charge is 2.32. The van der Waals surface area contributed by atoms with Gasteiger partial charge in [-0.05, 0) is 25.0 Å². The predicted octanol–water partition coefficient (Wildman–Crippen LogP) is 2.02. The molecule has 19 heavy (non-hydrogen) atoms. The average Bonchev–Trinajstić information content (AvgIpc) is 2.74. The number of hydrogen-bond donors (Lipinski definition) is 0. The molecule has 2 aromatic rings. The lowest BCUT2D eigenvalue weighted by Gasteiger charge is -2.33. The van der Waals surface area contributed by atoms with Crippen LogP contribution in [-0.2, 0) is 17.8 Å². The third-order valence-electron chi connectivity index (χ3n) is 4.44. The lowest BCUT2D eigenvalue weighted by atomic mass is 9.84. The summed E-state index contributed by atoms with van der Waals surface area (Å²) in [5.41, 5.74) is 3.34. The number of pyridine rings is 1. The first-order valence-electron chi connectivity index (χ1n) is 7.06. The monoisotopic (exact) mass is 255 g/mol. The molecule has 4 nitrogen and oxygen atoms in total. The van der Waals surface area contributed by atoms with Crippen LogP contribution in [0.15, 0.2) is 24.4 Å². The number of rotatable bonds is 1. The SMILES string of the molecule is O=C(C1CCC1)N1CCc2nc3ccccn3c2C1. The fraction of sp³-hybridized carbons (Fsp3) is 0.467. The molecule has 1 fully saturated rings. The van der Waals surface area contributed by atoms with Crippen LogP contribution in [0, 0.1) is 5.92 Å². The highest BCUT2D eigenvalue weighted by molar-refractivity contribution is 5.79. The van der Waals surface area contributed by atoms with Crippen molar-refractivity contribution in [3.05, 3.63) is 35.8 Å². The van der Waals surface area contributed by atoms with Crippen molar-refractivity contribution in [1.82, 2.24) is 14.3 Å². The maximum absolute atomic E-state index is 12.3. The average molecular weight is 255 g/mol. The molecule has 2 aromatic heterocycles. The fourth-order valence-electron chi connectivity index (χ4n) is 3.07. The van der Waals surface area contributed by atoms with E-state index in [0.29, 0.717) is 11.8 Å². The highest BCUT2D eigenvalue weighted by Crippen LogP contribution is 2.30. The predicted molar refractivity (Wildman–Crippen MR) is 71.7 cm³/mol. The Hall–Kier alpha value is -1.84. The summed E-state index contributed by atoms with van der Waals surface area (Å²) < 4.78 is 2.12. The second-order valence-electron chi connectivity index (χ2n) is 5.57. The van der Waals surface area contributed by atoms with Gasteiger partial charge < -0.3 is 9.30 Å². The van der Waals surface area contributed by atoms with Crippen molar-refractivity contribution in [2.24, 2.45) is 5.92 Å². The maximum atomic E-state index is 12.3. The molecular formula is C15H17N3O. The largest absolute Gasteiger partial charge is 0.336 e. The van der Waals surface area contributed by atoms with Crippen molar-refractivity contribution in [3.8, 4) is 0 Å². The van der Waals surface area contributed by atoms with Gasteiger partial charge in [-0.1, -0.05) is 12.5 Å². The molecular weight excluding hydrogens is 238 g/mol. The number of amides is 1. The third kappa shape index (κ3) is 1.66. The van der Waals surface area contributed by atoms with Gasteiger partial charge in [0.2, 0.25) is 5.91 Å². The molecule has 1 aliphatic heterocycles. The van der Waals surface area contributed by atoms with E-state index in [2.05, 4.69) is 9.38 Å². The van der Waals surface area contributed by atoms with Crippen molar-refractivity contribution < 1.29 is 4.79 Å². The molecule has 2 aliphatic rings. The number of nitrogens with zero attached hydrogens (tertiary/aromatic N) is 3. The molecule has 0 saturated heterocycles. The first-order valence-corrected chi connectivity index (χ1v) is 7.06. The van der Waals surface area contributed by atoms with Crippen LogP contribution in [0.3, 0.4) is 0 Å². The Labute approximate surface area is 112 Å². The normalized spacial score (nSPS) is 19.3. The van der Waals surface area contributed by atoms with E-state index in [1.807, 2.05) is 29.3 Å². The Bertz CT molecular complexity index is 642. The van der Waals surface area contributed by atoms with E-state index in [1.165, 1.54) is 12.1 Å². The van der Waals surface area contributed by atoms with Crippen molar-refractivity contribution in [3.63, 3.8) is 0 Å². The second-order valence-corrected chi connectivity index (χ2v) is 5.57. The van der Waals surface area contributed by atoms with Crippen LogP contribution in [0.5, 0.6) is 0 Å². The molecule has 1 saturated carbocycles. The number of carbonyl (C=O) groups excluding carboxylic acids is 1. The molecule has 0 radical (unpaired) electrons. The Kier molecular flexibility index (Phi) is 2.37. The van der Waals surface area contributed by atoms with Gasteiger partial charge in [-0.2, -0.15) is 0 Å². The smallest absolute Gasteiger partial charge is 0.226 e. The van der Waals surface area contributed by atoms with Gasteiger partial charge in [-0.25, -0.2) is 4.98 Å². The fourth-order valence-corrected chi connectivity index (χ4v) is 3.07. The molecule has 4 heteroatoms. The topological polar surface area (TPSA) is 37.6 Å². The number of aromatic nitrogens is 2. The summed E-state index contributed by atoms with van der Waals surface area (Å²) in [6, 6.07) is 6.04. The quantitative estimate of drug-likeness (QED) is 0.782. The van der Waals surface area contributed by atoms with Crippen LogP contribution in [0.4, 0.5) is 0 Å². The van der Waals surface area contributed by atoms with Crippen LogP contribution < -0.4 is 0 Å². The van der Waals surface area contributed by atoms with Gasteiger partial charge in [0.1, 0.15) is 5.65 Å². The minimum Gasteiger partial charge on any atom is -0.336 e. The van der Waals surface area contributed by atoms with Crippen LogP contribution in [0.25, 0.3) is 5.65 Å². The van der Waals surface area contributed by atoms with Gasteiger partial charge >= 0.3 is 0 Å². The van der Waals surface area contributed by atoms with Crippen molar-refractivity contribution >= 4 is 11.6 Å². The lowest BCUT2D eigenvalue weighted by Crippen LogP contribution is -2.42. The lowest BCUT2D eigenvalue weighted by molar-refractivity contribution is -0.139. The van der Waals surface area contributed by atoms with E-state index >= 15 is 0 Å². The summed E-state index contributed by atoms with van der Waals surface area (Å²) in [5.74, 6) is 0.642. The summed E-state index contributed by atoms with van der Waals surface area (Å²) >= 11 is 0. The molecule has 1 amide bonds.